The third-order valence-electron chi connectivity index (χ3n) is 2.23. The first-order chi connectivity index (χ1) is 9.03. The van der Waals surface area contributed by atoms with E-state index in [1.807, 2.05) is 4.72 Å². The van der Waals surface area contributed by atoms with Gasteiger partial charge in [-0.1, -0.05) is 6.07 Å². The molecule has 1 aromatic heterocycles. The molecule has 100 valence electrons. The molecular weight excluding hydrogens is 273 g/mol. The Morgan fingerprint density at radius 1 is 1.32 bits per heavy atom. The summed E-state index contributed by atoms with van der Waals surface area (Å²) in [5.74, 6) is -1.12. The third kappa shape index (κ3) is 3.01. The van der Waals surface area contributed by atoms with Gasteiger partial charge in [0.15, 0.2) is 0 Å². The van der Waals surface area contributed by atoms with Gasteiger partial charge in [0.1, 0.15) is 10.7 Å². The maximum atomic E-state index is 13.7. The summed E-state index contributed by atoms with van der Waals surface area (Å²) in [6, 6.07) is 3.64. The summed E-state index contributed by atoms with van der Waals surface area (Å²) in [5.41, 5.74) is 5.84. The Kier molecular flexibility index (Phi) is 3.67. The van der Waals surface area contributed by atoms with Crippen LogP contribution in [0.25, 0.3) is 0 Å². The van der Waals surface area contributed by atoms with Gasteiger partial charge in [-0.2, -0.15) is 5.10 Å². The minimum Gasteiger partial charge on any atom is -0.326 e. The van der Waals surface area contributed by atoms with Crippen LogP contribution in [-0.2, 0) is 16.6 Å². The average molecular weight is 283 g/mol. The van der Waals surface area contributed by atoms with Gasteiger partial charge in [0.2, 0.25) is 0 Å². The molecule has 7 nitrogen and oxygen atoms in total. The van der Waals surface area contributed by atoms with Crippen molar-refractivity contribution in [3.05, 3.63) is 42.0 Å². The van der Waals surface area contributed by atoms with Crippen molar-refractivity contribution in [2.45, 2.75) is 11.4 Å². The predicted molar refractivity (Wildman–Crippen MR) is 64.9 cm³/mol. The normalized spacial score (nSPS) is 11.3. The molecule has 0 aliphatic heterocycles. The van der Waals surface area contributed by atoms with Gasteiger partial charge in [-0.3, -0.25) is 0 Å². The first kappa shape index (κ1) is 13.3. The zero-order valence-electron chi connectivity index (χ0n) is 9.62. The molecule has 3 N–H and O–H groups in total. The van der Waals surface area contributed by atoms with Crippen molar-refractivity contribution >= 4 is 16.0 Å². The molecule has 2 rings (SSSR count). The highest BCUT2D eigenvalue weighted by molar-refractivity contribution is 7.92. The second-order valence-electron chi connectivity index (χ2n) is 3.54. The first-order valence-electron chi connectivity index (χ1n) is 5.18. The zero-order chi connectivity index (χ0) is 13.9. The van der Waals surface area contributed by atoms with Crippen LogP contribution in [-0.4, -0.2) is 23.6 Å². The second-order valence-corrected chi connectivity index (χ2v) is 5.19. The lowest BCUT2D eigenvalue weighted by molar-refractivity contribution is 0.568. The minimum absolute atomic E-state index is 0.121. The summed E-state index contributed by atoms with van der Waals surface area (Å²) in [7, 11) is -4.10. The van der Waals surface area contributed by atoms with Crippen molar-refractivity contribution in [2.75, 3.05) is 4.72 Å². The Bertz CT molecular complexity index is 678. The van der Waals surface area contributed by atoms with Crippen molar-refractivity contribution < 1.29 is 12.8 Å². The summed E-state index contributed by atoms with van der Waals surface area (Å²) in [6.45, 7) is 0.121. The largest absolute Gasteiger partial charge is 0.326 e. The van der Waals surface area contributed by atoms with Crippen LogP contribution in [0.5, 0.6) is 0 Å². The van der Waals surface area contributed by atoms with Gasteiger partial charge >= 0.3 is 0 Å². The number of benzene rings is 1. The lowest BCUT2D eigenvalue weighted by Crippen LogP contribution is -2.17. The Morgan fingerprint density at radius 3 is 2.68 bits per heavy atom. The summed E-state index contributed by atoms with van der Waals surface area (Å²) in [5, 5.41) is 6.92. The van der Waals surface area contributed by atoms with E-state index in [0.717, 1.165) is 12.1 Å². The lowest BCUT2D eigenvalue weighted by atomic mass is 10.2. The summed E-state index contributed by atoms with van der Waals surface area (Å²) < 4.78 is 39.6. The van der Waals surface area contributed by atoms with E-state index in [0.29, 0.717) is 5.56 Å². The van der Waals surface area contributed by atoms with E-state index in [1.165, 1.54) is 18.5 Å². The van der Waals surface area contributed by atoms with E-state index in [4.69, 9.17) is 5.73 Å². The average Bonchev–Trinajstić information content (AvgIpc) is 2.38. The standard InChI is InChI=1S/C10H10FN5O2S/c11-8-5-7(6-12)1-2-9(8)19(17,18)16-10-13-3-4-14-15-10/h1-5H,6,12H2,(H,13,15,16). The van der Waals surface area contributed by atoms with Gasteiger partial charge in [-0.05, 0) is 17.7 Å². The van der Waals surface area contributed by atoms with E-state index in [1.54, 1.807) is 0 Å². The smallest absolute Gasteiger partial charge is 0.267 e. The monoisotopic (exact) mass is 283 g/mol. The molecule has 0 saturated heterocycles. The fourth-order valence-electron chi connectivity index (χ4n) is 1.36. The van der Waals surface area contributed by atoms with Crippen LogP contribution in [0.1, 0.15) is 5.56 Å². The van der Waals surface area contributed by atoms with Crippen LogP contribution in [0.15, 0.2) is 35.5 Å². The van der Waals surface area contributed by atoms with Crippen LogP contribution in [0.2, 0.25) is 0 Å². The quantitative estimate of drug-likeness (QED) is 0.833. The van der Waals surface area contributed by atoms with Crippen LogP contribution >= 0.6 is 0 Å². The molecule has 1 heterocycles. The third-order valence-corrected chi connectivity index (χ3v) is 3.59. The number of hydrogen-bond donors (Lipinski definition) is 2. The van der Waals surface area contributed by atoms with Gasteiger partial charge in [0.05, 0.1) is 12.4 Å². The molecule has 0 atom stereocenters. The van der Waals surface area contributed by atoms with Crippen molar-refractivity contribution in [1.82, 2.24) is 15.2 Å². The Hall–Kier alpha value is -2.13. The van der Waals surface area contributed by atoms with Crippen molar-refractivity contribution in [2.24, 2.45) is 5.73 Å². The van der Waals surface area contributed by atoms with Crippen LogP contribution < -0.4 is 10.5 Å². The highest BCUT2D eigenvalue weighted by Crippen LogP contribution is 2.17. The number of halogens is 1. The molecule has 0 amide bonds. The van der Waals surface area contributed by atoms with Gasteiger partial charge in [-0.25, -0.2) is 22.5 Å². The van der Waals surface area contributed by atoms with Crippen LogP contribution in [0, 0.1) is 5.82 Å². The Morgan fingerprint density at radius 2 is 2.11 bits per heavy atom. The molecule has 0 unspecified atom stereocenters. The first-order valence-corrected chi connectivity index (χ1v) is 6.66. The van der Waals surface area contributed by atoms with E-state index in [-0.39, 0.29) is 12.5 Å². The molecule has 0 spiro atoms. The topological polar surface area (TPSA) is 111 Å². The fraction of sp³-hybridized carbons (Fsp3) is 0.100. The number of aromatic nitrogens is 3. The maximum absolute atomic E-state index is 13.7. The van der Waals surface area contributed by atoms with Crippen molar-refractivity contribution in [3.8, 4) is 0 Å². The molecule has 0 saturated carbocycles. The zero-order valence-corrected chi connectivity index (χ0v) is 10.4. The summed E-state index contributed by atoms with van der Waals surface area (Å²) in [4.78, 5) is 3.14. The van der Waals surface area contributed by atoms with E-state index in [2.05, 4.69) is 15.2 Å². The number of rotatable bonds is 4. The molecule has 9 heteroatoms. The van der Waals surface area contributed by atoms with Gasteiger partial charge in [0, 0.05) is 6.54 Å². The Labute approximate surface area is 108 Å². The van der Waals surface area contributed by atoms with Gasteiger partial charge in [-0.15, -0.1) is 5.10 Å². The predicted octanol–water partition coefficient (Wildman–Crippen LogP) is 0.270. The molecule has 0 bridgehead atoms. The summed E-state index contributed by atoms with van der Waals surface area (Å²) >= 11 is 0. The highest BCUT2D eigenvalue weighted by Gasteiger charge is 2.20. The molecular formula is C10H10FN5O2S. The molecule has 2 aromatic rings. The lowest BCUT2D eigenvalue weighted by Gasteiger charge is -2.07. The molecule has 0 aliphatic rings. The minimum atomic E-state index is -4.10. The summed E-state index contributed by atoms with van der Waals surface area (Å²) in [6.07, 6.45) is 2.55. The van der Waals surface area contributed by atoms with Gasteiger partial charge < -0.3 is 5.73 Å². The number of hydrogen-bond acceptors (Lipinski definition) is 6. The van der Waals surface area contributed by atoms with Crippen LogP contribution in [0.3, 0.4) is 0 Å². The SMILES string of the molecule is NCc1ccc(S(=O)(=O)Nc2nccnn2)c(F)c1. The molecule has 19 heavy (non-hydrogen) atoms. The molecule has 0 fully saturated rings. The number of nitrogens with zero attached hydrogens (tertiary/aromatic N) is 3. The number of nitrogens with two attached hydrogens (primary N) is 1. The van der Waals surface area contributed by atoms with E-state index >= 15 is 0 Å². The van der Waals surface area contributed by atoms with Gasteiger partial charge in [0.25, 0.3) is 16.0 Å². The number of nitrogens with one attached hydrogen (secondary N) is 1. The van der Waals surface area contributed by atoms with Crippen molar-refractivity contribution in [1.29, 1.82) is 0 Å². The number of sulfonamides is 1. The molecule has 0 radical (unpaired) electrons. The maximum Gasteiger partial charge on any atom is 0.267 e. The van der Waals surface area contributed by atoms with Crippen LogP contribution in [0.4, 0.5) is 10.3 Å². The number of anilines is 1. The van der Waals surface area contributed by atoms with Crippen molar-refractivity contribution in [3.63, 3.8) is 0 Å². The second kappa shape index (κ2) is 5.24. The van der Waals surface area contributed by atoms with E-state index < -0.39 is 20.7 Å². The Balaban J connectivity index is 2.35. The fourth-order valence-corrected chi connectivity index (χ4v) is 2.37. The highest BCUT2D eigenvalue weighted by atomic mass is 32.2. The van der Waals surface area contributed by atoms with E-state index in [9.17, 15) is 12.8 Å². The molecule has 0 aliphatic carbocycles. The molecule has 1 aromatic carbocycles.